The highest BCUT2D eigenvalue weighted by Crippen LogP contribution is 2.39. The van der Waals surface area contributed by atoms with Crippen molar-refractivity contribution in [3.05, 3.63) is 29.8 Å². The third-order valence-corrected chi connectivity index (χ3v) is 9.35. The maximum atomic E-state index is 14.5. The lowest BCUT2D eigenvalue weighted by molar-refractivity contribution is -0.150. The minimum atomic E-state index is -2.86. The molecule has 6 atom stereocenters. The van der Waals surface area contributed by atoms with E-state index in [1.54, 1.807) is 0 Å². The standard InChI is InChI=1S/C31H45F2N5O5/c1-4-42-22-15-21-16-38(30(41)27(36-28(39)19(2)34-3)20-9-12-31(32,33)13-10-20)25(18-37(21)17-22)29(40)35-24-11-14-43-26-8-6-5-7-23(24)26/h5-8,19-22,24-25,27,34H,4,9-18H2,1-3H3,(H,35,40)(H,36,39)/t19-,21+,22+,24+,25-,27-/m0/s1/i3D3. The number of benzene rings is 1. The number of halogens is 2. The van der Waals surface area contributed by atoms with Gasteiger partial charge in [0.05, 0.1) is 24.8 Å². The van der Waals surface area contributed by atoms with Gasteiger partial charge in [0.15, 0.2) is 0 Å². The molecule has 10 nitrogen and oxygen atoms in total. The molecule has 3 heterocycles. The highest BCUT2D eigenvalue weighted by molar-refractivity contribution is 5.93. The number of alkyl halides is 2. The zero-order chi connectivity index (χ0) is 33.2. The van der Waals surface area contributed by atoms with Crippen LogP contribution in [-0.2, 0) is 19.1 Å². The van der Waals surface area contributed by atoms with Crippen LogP contribution in [0.1, 0.15) is 68.1 Å². The summed E-state index contributed by atoms with van der Waals surface area (Å²) < 4.78 is 62.4. The minimum Gasteiger partial charge on any atom is -0.493 e. The number of likely N-dealkylation sites (N-methyl/N-ethyl adjacent to an activating group) is 1. The average molecular weight is 609 g/mol. The van der Waals surface area contributed by atoms with Crippen molar-refractivity contribution < 1.29 is 36.8 Å². The van der Waals surface area contributed by atoms with Crippen LogP contribution < -0.4 is 20.7 Å². The van der Waals surface area contributed by atoms with Crippen molar-refractivity contribution in [2.45, 2.75) is 94.6 Å². The molecule has 3 amide bonds. The lowest BCUT2D eigenvalue weighted by atomic mass is 9.81. The number of nitrogens with one attached hydrogen (secondary N) is 3. The third kappa shape index (κ3) is 7.12. The first-order chi connectivity index (χ1) is 21.7. The van der Waals surface area contributed by atoms with Gasteiger partial charge >= 0.3 is 0 Å². The van der Waals surface area contributed by atoms with Crippen LogP contribution in [0.15, 0.2) is 24.3 Å². The number of para-hydroxylation sites is 1. The molecule has 2 saturated heterocycles. The number of ether oxygens (including phenoxy) is 2. The molecular weight excluding hydrogens is 560 g/mol. The summed E-state index contributed by atoms with van der Waals surface area (Å²) in [6, 6.07) is 3.74. The summed E-state index contributed by atoms with van der Waals surface area (Å²) in [5.41, 5.74) is 0.843. The van der Waals surface area contributed by atoms with E-state index in [0.29, 0.717) is 38.3 Å². The first kappa shape index (κ1) is 27.7. The summed E-state index contributed by atoms with van der Waals surface area (Å²) >= 11 is 0. The van der Waals surface area contributed by atoms with E-state index in [0.717, 1.165) is 5.56 Å². The van der Waals surface area contributed by atoms with Gasteiger partial charge in [-0.2, -0.15) is 0 Å². The van der Waals surface area contributed by atoms with Crippen LogP contribution >= 0.6 is 0 Å². The van der Waals surface area contributed by atoms with Gasteiger partial charge in [-0.1, -0.05) is 18.2 Å². The van der Waals surface area contributed by atoms with Gasteiger partial charge in [0.1, 0.15) is 17.8 Å². The maximum absolute atomic E-state index is 14.5. The van der Waals surface area contributed by atoms with E-state index < -0.39 is 61.6 Å². The van der Waals surface area contributed by atoms with Crippen molar-refractivity contribution in [1.29, 1.82) is 0 Å². The molecular formula is C31H45F2N5O5. The molecule has 1 saturated carbocycles. The lowest BCUT2D eigenvalue weighted by Crippen LogP contribution is -2.66. The van der Waals surface area contributed by atoms with E-state index in [1.165, 1.54) is 11.8 Å². The van der Waals surface area contributed by atoms with Gasteiger partial charge in [-0.3, -0.25) is 19.3 Å². The Morgan fingerprint density at radius 1 is 1.16 bits per heavy atom. The monoisotopic (exact) mass is 608 g/mol. The van der Waals surface area contributed by atoms with Gasteiger partial charge in [-0.25, -0.2) is 8.78 Å². The number of rotatable bonds is 9. The Bertz CT molecular complexity index is 1260. The highest BCUT2D eigenvalue weighted by atomic mass is 19.3. The summed E-state index contributed by atoms with van der Waals surface area (Å²) in [5, 5.41) is 8.07. The Labute approximate surface area is 256 Å². The van der Waals surface area contributed by atoms with E-state index in [4.69, 9.17) is 13.6 Å². The topological polar surface area (TPSA) is 112 Å². The molecule has 4 aliphatic rings. The fourth-order valence-electron chi connectivity index (χ4n) is 6.91. The van der Waals surface area contributed by atoms with Crippen LogP contribution in [0.4, 0.5) is 8.78 Å². The second-order valence-corrected chi connectivity index (χ2v) is 12.2. The SMILES string of the molecule is [2H]C([2H])([2H])N[C@@H](C)C(=O)N[C@H](C(=O)N1C[C@H]2C[C@@H](OCC)CN2C[C@H]1C(=O)N[C@@H]1CCOc2ccccc21)C1CCC(F)(F)CC1. The molecule has 0 spiro atoms. The molecule has 238 valence electrons. The fourth-order valence-corrected chi connectivity index (χ4v) is 6.91. The van der Waals surface area contributed by atoms with Crippen molar-refractivity contribution in [3.63, 3.8) is 0 Å². The van der Waals surface area contributed by atoms with Crippen molar-refractivity contribution in [3.8, 4) is 5.75 Å². The Balaban J connectivity index is 1.41. The second kappa shape index (κ2) is 13.4. The molecule has 1 aromatic rings. The van der Waals surface area contributed by atoms with Gasteiger partial charge in [0.2, 0.25) is 23.6 Å². The van der Waals surface area contributed by atoms with Crippen molar-refractivity contribution >= 4 is 17.7 Å². The summed E-state index contributed by atoms with van der Waals surface area (Å²) in [6.07, 6.45) is 0.280. The van der Waals surface area contributed by atoms with Crippen LogP contribution in [0.3, 0.4) is 0 Å². The number of carbonyl (C=O) groups excluding carboxylic acids is 3. The molecule has 1 aliphatic carbocycles. The number of piperazine rings is 1. The van der Waals surface area contributed by atoms with E-state index in [2.05, 4.69) is 20.9 Å². The Morgan fingerprint density at radius 2 is 1.93 bits per heavy atom. The van der Waals surface area contributed by atoms with Crippen molar-refractivity contribution in [2.24, 2.45) is 5.92 Å². The van der Waals surface area contributed by atoms with Crippen LogP contribution in [0.2, 0.25) is 0 Å². The molecule has 3 aliphatic heterocycles. The largest absolute Gasteiger partial charge is 0.493 e. The Kier molecular flexibility index (Phi) is 8.66. The molecule has 0 aromatic heterocycles. The normalized spacial score (nSPS) is 30.0. The molecule has 12 heteroatoms. The van der Waals surface area contributed by atoms with E-state index in [1.807, 2.05) is 31.2 Å². The zero-order valence-corrected chi connectivity index (χ0v) is 24.8. The van der Waals surface area contributed by atoms with Gasteiger partial charge in [-0.15, -0.1) is 0 Å². The van der Waals surface area contributed by atoms with Crippen LogP contribution in [0.5, 0.6) is 5.75 Å². The summed E-state index contributed by atoms with van der Waals surface area (Å²) in [4.78, 5) is 45.5. The van der Waals surface area contributed by atoms with Gasteiger partial charge in [0, 0.05) is 61.2 Å². The number of hydrogen-bond acceptors (Lipinski definition) is 7. The predicted molar refractivity (Wildman–Crippen MR) is 156 cm³/mol. The second-order valence-electron chi connectivity index (χ2n) is 12.2. The Hall–Kier alpha value is -2.83. The van der Waals surface area contributed by atoms with Gasteiger partial charge in [0.25, 0.3) is 0 Å². The quantitative estimate of drug-likeness (QED) is 0.394. The third-order valence-electron chi connectivity index (χ3n) is 9.35. The van der Waals surface area contributed by atoms with Crippen LogP contribution in [-0.4, -0.2) is 104 Å². The number of hydrogen-bond donors (Lipinski definition) is 3. The molecule has 0 unspecified atom stereocenters. The number of amides is 3. The first-order valence-electron chi connectivity index (χ1n) is 16.9. The van der Waals surface area contributed by atoms with Gasteiger partial charge in [-0.05, 0) is 52.1 Å². The molecule has 0 radical (unpaired) electrons. The highest BCUT2D eigenvalue weighted by Gasteiger charge is 2.48. The first-order valence-corrected chi connectivity index (χ1v) is 15.4. The summed E-state index contributed by atoms with van der Waals surface area (Å²) in [5.74, 6) is -4.41. The van der Waals surface area contributed by atoms with Crippen LogP contribution in [0, 0.1) is 5.92 Å². The molecule has 3 fully saturated rings. The fraction of sp³-hybridized carbons (Fsp3) is 0.710. The zero-order valence-electron chi connectivity index (χ0n) is 27.8. The maximum Gasteiger partial charge on any atom is 0.248 e. The smallest absolute Gasteiger partial charge is 0.248 e. The van der Waals surface area contributed by atoms with E-state index >= 15 is 0 Å². The van der Waals surface area contributed by atoms with Crippen LogP contribution in [0.25, 0.3) is 0 Å². The Morgan fingerprint density at radius 3 is 2.67 bits per heavy atom. The lowest BCUT2D eigenvalue weighted by Gasteiger charge is -2.45. The molecule has 5 rings (SSSR count). The molecule has 43 heavy (non-hydrogen) atoms. The van der Waals surface area contributed by atoms with Gasteiger partial charge < -0.3 is 30.3 Å². The van der Waals surface area contributed by atoms with E-state index in [9.17, 15) is 23.2 Å². The number of nitrogens with zero attached hydrogens (tertiary/aromatic N) is 2. The number of carbonyl (C=O) groups is 3. The molecule has 1 aromatic carbocycles. The minimum absolute atomic E-state index is 0.00367. The molecule has 3 N–H and O–H groups in total. The van der Waals surface area contributed by atoms with Crippen molar-refractivity contribution in [1.82, 2.24) is 25.8 Å². The molecule has 0 bridgehead atoms. The predicted octanol–water partition coefficient (Wildman–Crippen LogP) is 2.23. The van der Waals surface area contributed by atoms with Crippen molar-refractivity contribution in [2.75, 3.05) is 39.8 Å². The average Bonchev–Trinajstić information content (AvgIpc) is 3.40. The summed E-state index contributed by atoms with van der Waals surface area (Å²) in [7, 11) is 0. The summed E-state index contributed by atoms with van der Waals surface area (Å²) in [6.45, 7) is 2.68. The van der Waals surface area contributed by atoms with E-state index in [-0.39, 0.29) is 50.0 Å². The number of fused-ring (bicyclic) bond motifs is 2.